The van der Waals surface area contributed by atoms with E-state index in [1.165, 1.54) is 0 Å². The summed E-state index contributed by atoms with van der Waals surface area (Å²) in [4.78, 5) is 0. The minimum Gasteiger partial charge on any atom is -0.414 e. The van der Waals surface area contributed by atoms with Gasteiger partial charge in [-0.1, -0.05) is 20.8 Å². The summed E-state index contributed by atoms with van der Waals surface area (Å²) in [5.74, 6) is 0.348. The first kappa shape index (κ1) is 21.1. The lowest BCUT2D eigenvalue weighted by Crippen LogP contribution is -2.54. The first-order valence-electron chi connectivity index (χ1n) is 8.51. The van der Waals surface area contributed by atoms with E-state index in [-0.39, 0.29) is 17.2 Å². The summed E-state index contributed by atoms with van der Waals surface area (Å²) in [7, 11) is -5.20. The van der Waals surface area contributed by atoms with Gasteiger partial charge in [-0.2, -0.15) is 17.9 Å². The fraction of sp³-hybridized carbons (Fsp3) is 1.00. The molecule has 7 heteroatoms. The third-order valence-electron chi connectivity index (χ3n) is 4.89. The summed E-state index contributed by atoms with van der Waals surface area (Å²) in [6.07, 6.45) is 2.15. The molecule has 0 amide bonds. The first-order valence-corrected chi connectivity index (χ1v) is 12.9. The molecular weight excluding hydrogens is 328 g/mol. The van der Waals surface area contributed by atoms with Crippen LogP contribution in [0.3, 0.4) is 0 Å². The predicted molar refractivity (Wildman–Crippen MR) is 99.2 cm³/mol. The average Bonchev–Trinajstić information content (AvgIpc) is 2.15. The van der Waals surface area contributed by atoms with E-state index in [2.05, 4.69) is 43.3 Å². The molecule has 2 N–H and O–H groups in total. The Balaban J connectivity index is 2.48. The number of hydrogen-bond acceptors (Lipinski definition) is 3. The highest BCUT2D eigenvalue weighted by molar-refractivity contribution is 7.87. The van der Waals surface area contributed by atoms with E-state index in [1.54, 1.807) is 0 Å². The smallest absolute Gasteiger partial charge is 0.277 e. The van der Waals surface area contributed by atoms with Gasteiger partial charge < -0.3 is 4.43 Å². The molecule has 0 aromatic heterocycles. The molecule has 0 aromatic rings. The molecule has 1 atom stereocenters. The standard InChI is InChI=1S/C16H36N2O3SSi/c1-12(17-22(19,20)18-15(2,3)4)13-10-14(11-13)21-23(8,9)16(5,6)7/h12-14,17-18H,10-11H2,1-9H3/t12?,13-,14+. The Bertz CT molecular complexity index is 500. The van der Waals surface area contributed by atoms with Gasteiger partial charge in [-0.3, -0.25) is 0 Å². The Morgan fingerprint density at radius 2 is 1.57 bits per heavy atom. The van der Waals surface area contributed by atoms with Crippen molar-refractivity contribution in [3.05, 3.63) is 0 Å². The molecule has 1 fully saturated rings. The van der Waals surface area contributed by atoms with Gasteiger partial charge in [-0.15, -0.1) is 0 Å². The largest absolute Gasteiger partial charge is 0.414 e. The van der Waals surface area contributed by atoms with Gasteiger partial charge in [0, 0.05) is 17.7 Å². The number of hydrogen-bond donors (Lipinski definition) is 2. The molecule has 0 aliphatic heterocycles. The molecule has 1 aliphatic rings. The van der Waals surface area contributed by atoms with Crippen molar-refractivity contribution in [3.63, 3.8) is 0 Å². The van der Waals surface area contributed by atoms with Gasteiger partial charge in [-0.25, -0.2) is 0 Å². The molecule has 138 valence electrons. The van der Waals surface area contributed by atoms with E-state index in [1.807, 2.05) is 27.7 Å². The molecule has 0 spiro atoms. The van der Waals surface area contributed by atoms with Crippen LogP contribution in [0, 0.1) is 5.92 Å². The van der Waals surface area contributed by atoms with Crippen LogP contribution < -0.4 is 9.44 Å². The second kappa shape index (κ2) is 6.75. The normalized spacial score (nSPS) is 25.1. The topological polar surface area (TPSA) is 67.4 Å². The summed E-state index contributed by atoms with van der Waals surface area (Å²) in [6.45, 7) is 18.7. The van der Waals surface area contributed by atoms with E-state index in [4.69, 9.17) is 4.43 Å². The third kappa shape index (κ3) is 6.46. The van der Waals surface area contributed by atoms with Gasteiger partial charge in [0.15, 0.2) is 8.32 Å². The van der Waals surface area contributed by atoms with E-state index in [0.717, 1.165) is 12.8 Å². The van der Waals surface area contributed by atoms with Crippen LogP contribution in [0.1, 0.15) is 61.3 Å². The minimum atomic E-state index is -3.47. The second-order valence-electron chi connectivity index (χ2n) is 9.49. The Morgan fingerprint density at radius 1 is 1.09 bits per heavy atom. The molecule has 5 nitrogen and oxygen atoms in total. The lowest BCUT2D eigenvalue weighted by Gasteiger charge is -2.46. The van der Waals surface area contributed by atoms with Crippen molar-refractivity contribution in [2.75, 3.05) is 0 Å². The molecule has 0 radical (unpaired) electrons. The molecule has 1 unspecified atom stereocenters. The van der Waals surface area contributed by atoms with Crippen LogP contribution in [-0.2, 0) is 14.6 Å². The van der Waals surface area contributed by atoms with Crippen molar-refractivity contribution in [1.29, 1.82) is 0 Å². The average molecular weight is 365 g/mol. The molecule has 1 saturated carbocycles. The van der Waals surface area contributed by atoms with E-state index >= 15 is 0 Å². The third-order valence-corrected chi connectivity index (χ3v) is 11.0. The van der Waals surface area contributed by atoms with Crippen molar-refractivity contribution in [2.24, 2.45) is 5.92 Å². The van der Waals surface area contributed by atoms with E-state index in [9.17, 15) is 8.42 Å². The molecule has 0 aromatic carbocycles. The highest BCUT2D eigenvalue weighted by Gasteiger charge is 2.43. The van der Waals surface area contributed by atoms with E-state index < -0.39 is 24.1 Å². The summed E-state index contributed by atoms with van der Waals surface area (Å²) in [5, 5.41) is 0.210. The van der Waals surface area contributed by atoms with Crippen LogP contribution in [0.15, 0.2) is 0 Å². The Labute approximate surface area is 144 Å². The van der Waals surface area contributed by atoms with Crippen molar-refractivity contribution in [1.82, 2.24) is 9.44 Å². The summed E-state index contributed by atoms with van der Waals surface area (Å²) >= 11 is 0. The summed E-state index contributed by atoms with van der Waals surface area (Å²) < 4.78 is 35.9. The molecule has 0 heterocycles. The molecule has 1 rings (SSSR count). The fourth-order valence-corrected chi connectivity index (χ4v) is 5.40. The van der Waals surface area contributed by atoms with Crippen LogP contribution in [-0.4, -0.2) is 34.4 Å². The molecule has 1 aliphatic carbocycles. The molecule has 0 bridgehead atoms. The maximum absolute atomic E-state index is 12.1. The van der Waals surface area contributed by atoms with Gasteiger partial charge in [0.1, 0.15) is 0 Å². The van der Waals surface area contributed by atoms with Crippen LogP contribution >= 0.6 is 0 Å². The quantitative estimate of drug-likeness (QED) is 0.710. The van der Waals surface area contributed by atoms with Crippen molar-refractivity contribution >= 4 is 18.5 Å². The van der Waals surface area contributed by atoms with Crippen LogP contribution in [0.25, 0.3) is 0 Å². The lowest BCUT2D eigenvalue weighted by molar-refractivity contribution is 0.0404. The monoisotopic (exact) mass is 364 g/mol. The van der Waals surface area contributed by atoms with Crippen molar-refractivity contribution in [3.8, 4) is 0 Å². The molecule has 23 heavy (non-hydrogen) atoms. The molecular formula is C16H36N2O3SSi. The SMILES string of the molecule is CC(NS(=O)(=O)NC(C)(C)C)[C@H]1C[C@@H](O[Si](C)(C)C(C)(C)C)C1. The Morgan fingerprint density at radius 3 is 1.96 bits per heavy atom. The maximum atomic E-state index is 12.1. The van der Waals surface area contributed by atoms with E-state index in [0.29, 0.717) is 5.92 Å². The zero-order valence-electron chi connectivity index (χ0n) is 16.3. The first-order chi connectivity index (χ1) is 10.0. The summed E-state index contributed by atoms with van der Waals surface area (Å²) in [5.41, 5.74) is -0.473. The second-order valence-corrected chi connectivity index (χ2v) is 15.7. The van der Waals surface area contributed by atoms with Gasteiger partial charge in [0.25, 0.3) is 10.2 Å². The van der Waals surface area contributed by atoms with Gasteiger partial charge >= 0.3 is 0 Å². The fourth-order valence-electron chi connectivity index (χ4n) is 2.48. The zero-order valence-corrected chi connectivity index (χ0v) is 18.1. The number of nitrogens with one attached hydrogen (secondary N) is 2. The van der Waals surface area contributed by atoms with Gasteiger partial charge in [0.2, 0.25) is 0 Å². The Kier molecular flexibility index (Phi) is 6.19. The highest BCUT2D eigenvalue weighted by atomic mass is 32.2. The Hall–Kier alpha value is 0.0469. The zero-order chi connectivity index (χ0) is 18.3. The highest BCUT2D eigenvalue weighted by Crippen LogP contribution is 2.42. The van der Waals surface area contributed by atoms with Gasteiger partial charge in [-0.05, 0) is 64.6 Å². The van der Waals surface area contributed by atoms with Crippen LogP contribution in [0.5, 0.6) is 0 Å². The van der Waals surface area contributed by atoms with Crippen LogP contribution in [0.2, 0.25) is 18.1 Å². The number of rotatable bonds is 6. The summed E-state index contributed by atoms with van der Waals surface area (Å²) in [6, 6.07) is -0.0749. The lowest BCUT2D eigenvalue weighted by atomic mass is 9.78. The van der Waals surface area contributed by atoms with Crippen molar-refractivity contribution in [2.45, 2.75) is 97.1 Å². The minimum absolute atomic E-state index is 0.0749. The van der Waals surface area contributed by atoms with Crippen molar-refractivity contribution < 1.29 is 12.8 Å². The van der Waals surface area contributed by atoms with Crippen LogP contribution in [0.4, 0.5) is 0 Å². The maximum Gasteiger partial charge on any atom is 0.277 e. The predicted octanol–water partition coefficient (Wildman–Crippen LogP) is 3.40. The van der Waals surface area contributed by atoms with Gasteiger partial charge in [0.05, 0.1) is 0 Å². The molecule has 0 saturated heterocycles.